The van der Waals surface area contributed by atoms with Crippen molar-refractivity contribution in [3.63, 3.8) is 0 Å². The highest BCUT2D eigenvalue weighted by Gasteiger charge is 2.27. The normalized spacial score (nSPS) is 19.9. The van der Waals surface area contributed by atoms with Gasteiger partial charge in [-0.2, -0.15) is 0 Å². The zero-order chi connectivity index (χ0) is 14.7. The van der Waals surface area contributed by atoms with E-state index in [-0.39, 0.29) is 0 Å². The first-order valence-electron chi connectivity index (χ1n) is 8.01. The van der Waals surface area contributed by atoms with Crippen molar-refractivity contribution in [1.29, 1.82) is 5.41 Å². The summed E-state index contributed by atoms with van der Waals surface area (Å²) in [6.45, 7) is 3.84. The first-order valence-corrected chi connectivity index (χ1v) is 8.01. The van der Waals surface area contributed by atoms with Crippen LogP contribution in [0.15, 0.2) is 24.3 Å². The highest BCUT2D eigenvalue weighted by Crippen LogP contribution is 2.30. The molecule has 4 nitrogen and oxygen atoms in total. The Bertz CT molecular complexity index is 489. The third-order valence-corrected chi connectivity index (χ3v) is 4.79. The van der Waals surface area contributed by atoms with E-state index in [2.05, 4.69) is 21.9 Å². The predicted octanol–water partition coefficient (Wildman–Crippen LogP) is 2.98. The topological polar surface area (TPSA) is 39.6 Å². The SMILES string of the molecule is COc1ccccc1N1CCN(C(=N)C2CCCC2)CC1. The average molecular weight is 287 g/mol. The van der Waals surface area contributed by atoms with Crippen LogP contribution in [0.5, 0.6) is 5.75 Å². The Morgan fingerprint density at radius 1 is 1.10 bits per heavy atom. The van der Waals surface area contributed by atoms with E-state index >= 15 is 0 Å². The summed E-state index contributed by atoms with van der Waals surface area (Å²) in [5, 5.41) is 8.41. The molecule has 0 aromatic heterocycles. The predicted molar refractivity (Wildman–Crippen MR) is 86.5 cm³/mol. The largest absolute Gasteiger partial charge is 0.495 e. The Kier molecular flexibility index (Phi) is 4.32. The fourth-order valence-corrected chi connectivity index (χ4v) is 3.54. The van der Waals surface area contributed by atoms with Crippen LogP contribution in [0.25, 0.3) is 0 Å². The molecule has 3 rings (SSSR count). The minimum atomic E-state index is 0.516. The highest BCUT2D eigenvalue weighted by atomic mass is 16.5. The molecule has 1 N–H and O–H groups in total. The lowest BCUT2D eigenvalue weighted by molar-refractivity contribution is 0.358. The van der Waals surface area contributed by atoms with Gasteiger partial charge in [0.1, 0.15) is 5.75 Å². The quantitative estimate of drug-likeness (QED) is 0.686. The second-order valence-electron chi connectivity index (χ2n) is 6.01. The molecule has 2 fully saturated rings. The summed E-state index contributed by atoms with van der Waals surface area (Å²) >= 11 is 0. The number of benzene rings is 1. The molecule has 0 unspecified atom stereocenters. The summed E-state index contributed by atoms with van der Waals surface area (Å²) in [5.74, 6) is 2.34. The summed E-state index contributed by atoms with van der Waals surface area (Å²) in [7, 11) is 1.73. The minimum absolute atomic E-state index is 0.516. The van der Waals surface area contributed by atoms with Gasteiger partial charge in [0.2, 0.25) is 0 Å². The number of piperazine rings is 1. The van der Waals surface area contributed by atoms with Crippen LogP contribution in [0, 0.1) is 11.3 Å². The molecule has 1 aromatic rings. The summed E-state index contributed by atoms with van der Waals surface area (Å²) in [5.41, 5.74) is 1.17. The number of nitrogens with one attached hydrogen (secondary N) is 1. The van der Waals surface area contributed by atoms with E-state index < -0.39 is 0 Å². The second kappa shape index (κ2) is 6.37. The zero-order valence-electron chi connectivity index (χ0n) is 12.8. The standard InChI is InChI=1S/C17H25N3O/c1-21-16-9-5-4-8-15(16)19-10-12-20(13-11-19)17(18)14-6-2-3-7-14/h4-5,8-9,14,18H,2-3,6-7,10-13H2,1H3. The van der Waals surface area contributed by atoms with Crippen LogP contribution in [0.4, 0.5) is 5.69 Å². The molecule has 1 saturated carbocycles. The molecule has 21 heavy (non-hydrogen) atoms. The van der Waals surface area contributed by atoms with Crippen molar-refractivity contribution in [2.24, 2.45) is 5.92 Å². The van der Waals surface area contributed by atoms with Crippen LogP contribution in [-0.4, -0.2) is 44.0 Å². The summed E-state index contributed by atoms with van der Waals surface area (Å²) < 4.78 is 5.46. The van der Waals surface area contributed by atoms with Crippen LogP contribution in [0.1, 0.15) is 25.7 Å². The molecule has 0 amide bonds. The van der Waals surface area contributed by atoms with Gasteiger partial charge in [-0.3, -0.25) is 5.41 Å². The number of hydrogen-bond acceptors (Lipinski definition) is 3. The van der Waals surface area contributed by atoms with Gasteiger partial charge in [-0.15, -0.1) is 0 Å². The maximum Gasteiger partial charge on any atom is 0.142 e. The minimum Gasteiger partial charge on any atom is -0.495 e. The molecule has 1 heterocycles. The molecular weight excluding hydrogens is 262 g/mol. The van der Waals surface area contributed by atoms with Gasteiger partial charge in [0.25, 0.3) is 0 Å². The number of amidine groups is 1. The first-order chi connectivity index (χ1) is 10.3. The van der Waals surface area contributed by atoms with Gasteiger partial charge in [0.05, 0.1) is 18.6 Å². The number of hydrogen-bond donors (Lipinski definition) is 1. The van der Waals surface area contributed by atoms with E-state index in [0.717, 1.165) is 37.8 Å². The van der Waals surface area contributed by atoms with Crippen LogP contribution >= 0.6 is 0 Å². The van der Waals surface area contributed by atoms with Crippen LogP contribution < -0.4 is 9.64 Å². The van der Waals surface area contributed by atoms with E-state index in [1.807, 2.05) is 12.1 Å². The zero-order valence-corrected chi connectivity index (χ0v) is 12.8. The van der Waals surface area contributed by atoms with E-state index in [0.29, 0.717) is 5.92 Å². The molecular formula is C17H25N3O. The second-order valence-corrected chi connectivity index (χ2v) is 6.01. The van der Waals surface area contributed by atoms with Crippen LogP contribution in [-0.2, 0) is 0 Å². The molecule has 2 aliphatic rings. The monoisotopic (exact) mass is 287 g/mol. The van der Waals surface area contributed by atoms with E-state index in [4.69, 9.17) is 10.1 Å². The lowest BCUT2D eigenvalue weighted by Crippen LogP contribution is -2.50. The Morgan fingerprint density at radius 2 is 1.76 bits per heavy atom. The summed E-state index contributed by atoms with van der Waals surface area (Å²) in [6, 6.07) is 8.21. The third kappa shape index (κ3) is 2.99. The number of ether oxygens (including phenoxy) is 1. The number of anilines is 1. The fourth-order valence-electron chi connectivity index (χ4n) is 3.54. The number of rotatable bonds is 3. The molecule has 4 heteroatoms. The summed E-state index contributed by atoms with van der Waals surface area (Å²) in [6.07, 6.45) is 5.03. The fraction of sp³-hybridized carbons (Fsp3) is 0.588. The summed E-state index contributed by atoms with van der Waals surface area (Å²) in [4.78, 5) is 4.65. The Hall–Kier alpha value is -1.71. The van der Waals surface area contributed by atoms with Gasteiger partial charge < -0.3 is 14.5 Å². The molecule has 0 spiro atoms. The van der Waals surface area contributed by atoms with Crippen molar-refractivity contribution in [3.8, 4) is 5.75 Å². The van der Waals surface area contributed by atoms with Gasteiger partial charge in [-0.05, 0) is 25.0 Å². The average Bonchev–Trinajstić information content (AvgIpc) is 3.09. The molecule has 1 saturated heterocycles. The molecule has 0 bridgehead atoms. The van der Waals surface area contributed by atoms with Crippen molar-refractivity contribution in [1.82, 2.24) is 4.90 Å². The van der Waals surface area contributed by atoms with Crippen molar-refractivity contribution in [2.45, 2.75) is 25.7 Å². The maximum atomic E-state index is 8.41. The van der Waals surface area contributed by atoms with Gasteiger partial charge in [0, 0.05) is 32.1 Å². The van der Waals surface area contributed by atoms with Gasteiger partial charge in [0.15, 0.2) is 0 Å². The maximum absolute atomic E-state index is 8.41. The molecule has 0 radical (unpaired) electrons. The van der Waals surface area contributed by atoms with Gasteiger partial charge in [-0.1, -0.05) is 25.0 Å². The van der Waals surface area contributed by atoms with Gasteiger partial charge in [-0.25, -0.2) is 0 Å². The lowest BCUT2D eigenvalue weighted by atomic mass is 10.1. The van der Waals surface area contributed by atoms with Crippen LogP contribution in [0.3, 0.4) is 0 Å². The van der Waals surface area contributed by atoms with Crippen molar-refractivity contribution in [2.75, 3.05) is 38.2 Å². The Labute approximate surface area is 127 Å². The van der Waals surface area contributed by atoms with Crippen LogP contribution in [0.2, 0.25) is 0 Å². The highest BCUT2D eigenvalue weighted by molar-refractivity contribution is 5.82. The molecule has 0 atom stereocenters. The van der Waals surface area contributed by atoms with Crippen molar-refractivity contribution < 1.29 is 4.74 Å². The van der Waals surface area contributed by atoms with Crippen molar-refractivity contribution >= 4 is 11.5 Å². The Balaban J connectivity index is 1.61. The lowest BCUT2D eigenvalue weighted by Gasteiger charge is -2.39. The Morgan fingerprint density at radius 3 is 2.43 bits per heavy atom. The number of para-hydroxylation sites is 2. The van der Waals surface area contributed by atoms with Gasteiger partial charge >= 0.3 is 0 Å². The van der Waals surface area contributed by atoms with E-state index in [9.17, 15) is 0 Å². The molecule has 1 aliphatic carbocycles. The molecule has 114 valence electrons. The number of nitrogens with zero attached hydrogens (tertiary/aromatic N) is 2. The number of methoxy groups -OCH3 is 1. The van der Waals surface area contributed by atoms with E-state index in [1.165, 1.54) is 31.4 Å². The molecule has 1 aromatic carbocycles. The smallest absolute Gasteiger partial charge is 0.142 e. The first kappa shape index (κ1) is 14.2. The molecule has 1 aliphatic heterocycles. The third-order valence-electron chi connectivity index (χ3n) is 4.79. The van der Waals surface area contributed by atoms with Crippen molar-refractivity contribution in [3.05, 3.63) is 24.3 Å². The van der Waals surface area contributed by atoms with E-state index in [1.54, 1.807) is 7.11 Å².